The maximum absolute atomic E-state index is 5.79. The molecular weight excluding hydrogens is 244 g/mol. The number of thiazole rings is 1. The Kier molecular flexibility index (Phi) is 3.31. The quantitative estimate of drug-likeness (QED) is 0.912. The first-order chi connectivity index (χ1) is 7.65. The van der Waals surface area contributed by atoms with Crippen molar-refractivity contribution in [2.24, 2.45) is 0 Å². The summed E-state index contributed by atoms with van der Waals surface area (Å²) >= 11 is 7.20. The van der Waals surface area contributed by atoms with Crippen LogP contribution in [0.3, 0.4) is 0 Å². The maximum atomic E-state index is 5.79. The van der Waals surface area contributed by atoms with Crippen molar-refractivity contribution < 1.29 is 4.74 Å². The highest BCUT2D eigenvalue weighted by Gasteiger charge is 2.10. The molecular formula is C11H11ClN2OS. The van der Waals surface area contributed by atoms with Gasteiger partial charge in [0.2, 0.25) is 0 Å². The molecule has 1 unspecified atom stereocenters. The number of ether oxygens (including phenoxy) is 1. The van der Waals surface area contributed by atoms with Crippen LogP contribution in [0.15, 0.2) is 29.6 Å². The van der Waals surface area contributed by atoms with Gasteiger partial charge in [0.05, 0.1) is 5.69 Å². The average Bonchev–Trinajstić information content (AvgIpc) is 2.68. The Balaban J connectivity index is 2.07. The second-order valence-corrected chi connectivity index (χ2v) is 4.65. The van der Waals surface area contributed by atoms with Gasteiger partial charge in [0, 0.05) is 10.4 Å². The van der Waals surface area contributed by atoms with Crippen molar-refractivity contribution in [3.8, 4) is 5.75 Å². The van der Waals surface area contributed by atoms with Crippen LogP contribution in [0.25, 0.3) is 0 Å². The van der Waals surface area contributed by atoms with E-state index in [1.807, 2.05) is 24.4 Å². The van der Waals surface area contributed by atoms with Gasteiger partial charge >= 0.3 is 0 Å². The molecule has 0 spiro atoms. The number of halogens is 1. The van der Waals surface area contributed by atoms with Crippen molar-refractivity contribution in [2.75, 3.05) is 5.73 Å². The third-order valence-corrected chi connectivity index (χ3v) is 3.03. The van der Waals surface area contributed by atoms with Gasteiger partial charge in [0.15, 0.2) is 5.13 Å². The number of anilines is 1. The molecule has 84 valence electrons. The molecule has 16 heavy (non-hydrogen) atoms. The fraction of sp³-hybridized carbons (Fsp3) is 0.182. The molecule has 0 radical (unpaired) electrons. The number of aromatic nitrogens is 1. The lowest BCUT2D eigenvalue weighted by Crippen LogP contribution is -2.03. The largest absolute Gasteiger partial charge is 0.484 e. The topological polar surface area (TPSA) is 48.1 Å². The number of benzene rings is 1. The average molecular weight is 255 g/mol. The number of nitrogen functional groups attached to an aromatic ring is 1. The van der Waals surface area contributed by atoms with E-state index < -0.39 is 0 Å². The zero-order chi connectivity index (χ0) is 11.5. The summed E-state index contributed by atoms with van der Waals surface area (Å²) in [4.78, 5) is 4.17. The minimum absolute atomic E-state index is 0.116. The Hall–Kier alpha value is -1.26. The van der Waals surface area contributed by atoms with Gasteiger partial charge in [-0.2, -0.15) is 0 Å². The zero-order valence-corrected chi connectivity index (χ0v) is 10.3. The number of hydrogen-bond donors (Lipinski definition) is 1. The van der Waals surface area contributed by atoms with Crippen LogP contribution in [-0.2, 0) is 0 Å². The Morgan fingerprint density at radius 3 is 2.62 bits per heavy atom. The van der Waals surface area contributed by atoms with E-state index in [0.717, 1.165) is 11.4 Å². The van der Waals surface area contributed by atoms with E-state index in [-0.39, 0.29) is 6.10 Å². The smallest absolute Gasteiger partial charge is 0.180 e. The molecule has 0 aliphatic carbocycles. The summed E-state index contributed by atoms with van der Waals surface area (Å²) in [5.74, 6) is 0.767. The van der Waals surface area contributed by atoms with E-state index in [0.29, 0.717) is 10.2 Å². The fourth-order valence-electron chi connectivity index (χ4n) is 1.27. The van der Waals surface area contributed by atoms with Crippen LogP contribution in [-0.4, -0.2) is 4.98 Å². The summed E-state index contributed by atoms with van der Waals surface area (Å²) in [6.07, 6.45) is -0.116. The molecule has 0 aliphatic heterocycles. The predicted molar refractivity (Wildman–Crippen MR) is 67.0 cm³/mol. The van der Waals surface area contributed by atoms with Crippen LogP contribution >= 0.6 is 22.9 Å². The Morgan fingerprint density at radius 2 is 2.06 bits per heavy atom. The van der Waals surface area contributed by atoms with Crippen LogP contribution in [0.1, 0.15) is 18.7 Å². The lowest BCUT2D eigenvalue weighted by Gasteiger charge is -2.12. The normalized spacial score (nSPS) is 12.4. The lowest BCUT2D eigenvalue weighted by molar-refractivity contribution is 0.223. The van der Waals surface area contributed by atoms with Gasteiger partial charge in [-0.3, -0.25) is 0 Å². The van der Waals surface area contributed by atoms with Gasteiger partial charge < -0.3 is 10.5 Å². The third kappa shape index (κ3) is 2.65. The number of nitrogens with zero attached hydrogens (tertiary/aromatic N) is 1. The summed E-state index contributed by atoms with van der Waals surface area (Å²) in [7, 11) is 0. The van der Waals surface area contributed by atoms with E-state index in [2.05, 4.69) is 4.98 Å². The minimum Gasteiger partial charge on any atom is -0.484 e. The molecule has 1 atom stereocenters. The van der Waals surface area contributed by atoms with Crippen molar-refractivity contribution in [3.05, 3.63) is 40.4 Å². The summed E-state index contributed by atoms with van der Waals surface area (Å²) in [5, 5.41) is 3.15. The van der Waals surface area contributed by atoms with Gasteiger partial charge in [-0.05, 0) is 31.2 Å². The van der Waals surface area contributed by atoms with Crippen LogP contribution < -0.4 is 10.5 Å². The van der Waals surface area contributed by atoms with Gasteiger partial charge in [0.1, 0.15) is 11.9 Å². The molecule has 1 aromatic heterocycles. The second-order valence-electron chi connectivity index (χ2n) is 3.32. The highest BCUT2D eigenvalue weighted by molar-refractivity contribution is 7.13. The number of rotatable bonds is 3. The molecule has 0 amide bonds. The first kappa shape index (κ1) is 11.2. The molecule has 0 fully saturated rings. The highest BCUT2D eigenvalue weighted by atomic mass is 35.5. The van der Waals surface area contributed by atoms with E-state index in [1.54, 1.807) is 12.1 Å². The Morgan fingerprint density at radius 1 is 1.38 bits per heavy atom. The molecule has 1 heterocycles. The van der Waals surface area contributed by atoms with Crippen molar-refractivity contribution in [2.45, 2.75) is 13.0 Å². The first-order valence-corrected chi connectivity index (χ1v) is 6.04. The van der Waals surface area contributed by atoms with Gasteiger partial charge in [0.25, 0.3) is 0 Å². The van der Waals surface area contributed by atoms with Gasteiger partial charge in [-0.15, -0.1) is 11.3 Å². The van der Waals surface area contributed by atoms with Gasteiger partial charge in [-0.1, -0.05) is 11.6 Å². The second kappa shape index (κ2) is 4.72. The molecule has 2 aromatic rings. The molecule has 2 rings (SSSR count). The molecule has 0 saturated heterocycles. The summed E-state index contributed by atoms with van der Waals surface area (Å²) in [5.41, 5.74) is 6.41. The first-order valence-electron chi connectivity index (χ1n) is 4.78. The fourth-order valence-corrected chi connectivity index (χ4v) is 2.04. The Labute approximate surface area is 103 Å². The van der Waals surface area contributed by atoms with E-state index in [4.69, 9.17) is 22.1 Å². The molecule has 0 aliphatic rings. The molecule has 3 nitrogen and oxygen atoms in total. The van der Waals surface area contributed by atoms with Crippen LogP contribution in [0.4, 0.5) is 5.13 Å². The van der Waals surface area contributed by atoms with Crippen LogP contribution in [0.5, 0.6) is 5.75 Å². The SMILES string of the molecule is CC(Oc1ccc(Cl)cc1)c1csc(N)n1. The monoisotopic (exact) mass is 254 g/mol. The zero-order valence-electron chi connectivity index (χ0n) is 8.68. The van der Waals surface area contributed by atoms with Crippen molar-refractivity contribution in [1.29, 1.82) is 0 Å². The number of hydrogen-bond acceptors (Lipinski definition) is 4. The summed E-state index contributed by atoms with van der Waals surface area (Å²) < 4.78 is 5.70. The van der Waals surface area contributed by atoms with Crippen LogP contribution in [0.2, 0.25) is 5.02 Å². The van der Waals surface area contributed by atoms with E-state index in [9.17, 15) is 0 Å². The molecule has 5 heteroatoms. The van der Waals surface area contributed by atoms with Crippen LogP contribution in [0, 0.1) is 0 Å². The highest BCUT2D eigenvalue weighted by Crippen LogP contribution is 2.24. The predicted octanol–water partition coefficient (Wildman–Crippen LogP) is 3.52. The van der Waals surface area contributed by atoms with Crippen molar-refractivity contribution in [3.63, 3.8) is 0 Å². The Bertz CT molecular complexity index is 469. The third-order valence-electron chi connectivity index (χ3n) is 2.08. The summed E-state index contributed by atoms with van der Waals surface area (Å²) in [6, 6.07) is 7.24. The lowest BCUT2D eigenvalue weighted by atomic mass is 10.3. The maximum Gasteiger partial charge on any atom is 0.180 e. The standard InChI is InChI=1S/C11H11ClN2OS/c1-7(10-6-16-11(13)14-10)15-9-4-2-8(12)3-5-9/h2-7H,1H3,(H2,13,14). The summed E-state index contributed by atoms with van der Waals surface area (Å²) in [6.45, 7) is 1.93. The molecule has 0 bridgehead atoms. The van der Waals surface area contributed by atoms with E-state index in [1.165, 1.54) is 11.3 Å². The molecule has 0 saturated carbocycles. The van der Waals surface area contributed by atoms with E-state index >= 15 is 0 Å². The minimum atomic E-state index is -0.116. The number of nitrogens with two attached hydrogens (primary N) is 1. The van der Waals surface area contributed by atoms with Crippen molar-refractivity contribution >= 4 is 28.1 Å². The van der Waals surface area contributed by atoms with Gasteiger partial charge in [-0.25, -0.2) is 4.98 Å². The molecule has 2 N–H and O–H groups in total. The molecule has 1 aromatic carbocycles. The van der Waals surface area contributed by atoms with Crippen molar-refractivity contribution in [1.82, 2.24) is 4.98 Å².